The lowest BCUT2D eigenvalue weighted by Gasteiger charge is -2.07. The van der Waals surface area contributed by atoms with Gasteiger partial charge in [0.1, 0.15) is 5.82 Å². The number of nitrogens with one attached hydrogen (secondary N) is 2. The predicted molar refractivity (Wildman–Crippen MR) is 88.6 cm³/mol. The van der Waals surface area contributed by atoms with Crippen LogP contribution in [0, 0.1) is 5.82 Å². The monoisotopic (exact) mass is 336 g/mol. The number of benzene rings is 1. The van der Waals surface area contributed by atoms with Gasteiger partial charge < -0.3 is 10.6 Å². The van der Waals surface area contributed by atoms with Crippen molar-refractivity contribution in [1.29, 1.82) is 0 Å². The summed E-state index contributed by atoms with van der Waals surface area (Å²) in [6, 6.07) is 4.22. The van der Waals surface area contributed by atoms with Gasteiger partial charge in [-0.25, -0.2) is 14.4 Å². The van der Waals surface area contributed by atoms with Gasteiger partial charge in [-0.15, -0.1) is 0 Å². The maximum Gasteiger partial charge on any atom is 0.254 e. The highest BCUT2D eigenvalue weighted by molar-refractivity contribution is 6.31. The quantitative estimate of drug-likeness (QED) is 0.752. The lowest BCUT2D eigenvalue weighted by atomic mass is 10.2. The van der Waals surface area contributed by atoms with Gasteiger partial charge in [0.05, 0.1) is 10.6 Å². The molecule has 0 saturated heterocycles. The molecular weight excluding hydrogens is 319 g/mol. The molecule has 7 heteroatoms. The second-order valence-electron chi connectivity index (χ2n) is 5.01. The molecule has 1 aromatic carbocycles. The Hall–Kier alpha value is -2.21. The fourth-order valence-corrected chi connectivity index (χ4v) is 2.07. The molecule has 0 spiro atoms. The fraction of sp³-hybridized carbons (Fsp3) is 0.312. The molecule has 0 unspecified atom stereocenters. The first-order valence-electron chi connectivity index (χ1n) is 7.42. The van der Waals surface area contributed by atoms with Gasteiger partial charge >= 0.3 is 0 Å². The zero-order chi connectivity index (χ0) is 16.7. The molecule has 0 aliphatic heterocycles. The van der Waals surface area contributed by atoms with Crippen LogP contribution in [0.2, 0.25) is 5.02 Å². The van der Waals surface area contributed by atoms with Crippen molar-refractivity contribution < 1.29 is 9.18 Å². The highest BCUT2D eigenvalue weighted by atomic mass is 35.5. The molecule has 5 nitrogen and oxygen atoms in total. The summed E-state index contributed by atoms with van der Waals surface area (Å²) >= 11 is 5.71. The number of halogens is 2. The van der Waals surface area contributed by atoms with E-state index in [2.05, 4.69) is 27.5 Å². The van der Waals surface area contributed by atoms with Crippen LogP contribution in [0.1, 0.15) is 36.5 Å². The Morgan fingerprint density at radius 1 is 1.26 bits per heavy atom. The van der Waals surface area contributed by atoms with Crippen molar-refractivity contribution in [3.8, 4) is 0 Å². The molecule has 0 aliphatic carbocycles. The van der Waals surface area contributed by atoms with E-state index >= 15 is 0 Å². The van der Waals surface area contributed by atoms with Gasteiger partial charge in [-0.3, -0.25) is 4.79 Å². The highest BCUT2D eigenvalue weighted by Gasteiger charge is 2.07. The van der Waals surface area contributed by atoms with Crippen LogP contribution >= 0.6 is 11.6 Å². The van der Waals surface area contributed by atoms with Gasteiger partial charge in [-0.2, -0.15) is 0 Å². The van der Waals surface area contributed by atoms with Crippen molar-refractivity contribution >= 4 is 29.1 Å². The average Bonchev–Trinajstić information content (AvgIpc) is 2.55. The molecule has 0 fully saturated rings. The van der Waals surface area contributed by atoms with Crippen molar-refractivity contribution in [1.82, 2.24) is 15.3 Å². The summed E-state index contributed by atoms with van der Waals surface area (Å²) < 4.78 is 13.1. The Kier molecular flexibility index (Phi) is 6.29. The van der Waals surface area contributed by atoms with E-state index in [-0.39, 0.29) is 10.9 Å². The summed E-state index contributed by atoms with van der Waals surface area (Å²) in [4.78, 5) is 20.0. The normalized spacial score (nSPS) is 10.4. The number of carbonyl (C=O) groups is 1. The molecule has 0 radical (unpaired) electrons. The number of rotatable bonds is 7. The maximum absolute atomic E-state index is 13.1. The minimum atomic E-state index is -0.492. The molecule has 0 bridgehead atoms. The number of carbonyl (C=O) groups excluding carboxylic acids is 1. The predicted octanol–water partition coefficient (Wildman–Crippen LogP) is 3.93. The highest BCUT2D eigenvalue weighted by Crippen LogP contribution is 2.21. The van der Waals surface area contributed by atoms with Crippen molar-refractivity contribution in [3.05, 3.63) is 47.0 Å². The Morgan fingerprint density at radius 3 is 2.65 bits per heavy atom. The van der Waals surface area contributed by atoms with Gasteiger partial charge in [0.15, 0.2) is 0 Å². The largest absolute Gasteiger partial charge is 0.352 e. The van der Waals surface area contributed by atoms with Crippen LogP contribution in [0.5, 0.6) is 0 Å². The van der Waals surface area contributed by atoms with E-state index in [1.807, 2.05) is 0 Å². The first-order valence-corrected chi connectivity index (χ1v) is 7.80. The lowest BCUT2D eigenvalue weighted by molar-refractivity contribution is 0.0952. The second kappa shape index (κ2) is 8.43. The summed E-state index contributed by atoms with van der Waals surface area (Å²) in [6.45, 7) is 2.75. The standard InChI is InChI=1S/C16H18ClFN4O/c1-2-3-4-7-19-15(23)11-9-20-16(21-10-11)22-12-5-6-14(18)13(17)8-12/h5-6,8-10H,2-4,7H2,1H3,(H,19,23)(H,20,21,22). The molecule has 2 aromatic rings. The summed E-state index contributed by atoms with van der Waals surface area (Å²) in [5.74, 6) is -0.388. The van der Waals surface area contributed by atoms with Crippen molar-refractivity contribution in [2.24, 2.45) is 0 Å². The Labute approximate surface area is 139 Å². The first-order chi connectivity index (χ1) is 11.1. The van der Waals surface area contributed by atoms with Crippen molar-refractivity contribution in [2.45, 2.75) is 26.2 Å². The van der Waals surface area contributed by atoms with E-state index in [0.29, 0.717) is 23.7 Å². The van der Waals surface area contributed by atoms with Crippen LogP contribution in [-0.4, -0.2) is 22.4 Å². The van der Waals surface area contributed by atoms with Crippen LogP contribution in [0.25, 0.3) is 0 Å². The van der Waals surface area contributed by atoms with Gasteiger partial charge in [-0.1, -0.05) is 31.4 Å². The van der Waals surface area contributed by atoms with Gasteiger partial charge in [0, 0.05) is 24.6 Å². The number of nitrogens with zero attached hydrogens (tertiary/aromatic N) is 2. The first kappa shape index (κ1) is 17.1. The van der Waals surface area contributed by atoms with Crippen LogP contribution in [0.4, 0.5) is 16.0 Å². The van der Waals surface area contributed by atoms with Crippen LogP contribution in [0.3, 0.4) is 0 Å². The number of amides is 1. The number of aromatic nitrogens is 2. The van der Waals surface area contributed by atoms with E-state index in [1.54, 1.807) is 0 Å². The van der Waals surface area contributed by atoms with E-state index in [9.17, 15) is 9.18 Å². The summed E-state index contributed by atoms with van der Waals surface area (Å²) in [5.41, 5.74) is 0.956. The molecule has 0 atom stereocenters. The lowest BCUT2D eigenvalue weighted by Crippen LogP contribution is -2.24. The minimum Gasteiger partial charge on any atom is -0.352 e. The molecule has 23 heavy (non-hydrogen) atoms. The molecule has 122 valence electrons. The zero-order valence-corrected chi connectivity index (χ0v) is 13.5. The zero-order valence-electron chi connectivity index (χ0n) is 12.8. The third-order valence-corrected chi connectivity index (χ3v) is 3.45. The minimum absolute atomic E-state index is 0.0121. The van der Waals surface area contributed by atoms with E-state index in [1.165, 1.54) is 30.6 Å². The second-order valence-corrected chi connectivity index (χ2v) is 5.42. The molecule has 2 N–H and O–H groups in total. The number of hydrogen-bond acceptors (Lipinski definition) is 4. The SMILES string of the molecule is CCCCCNC(=O)c1cnc(Nc2ccc(F)c(Cl)c2)nc1. The summed E-state index contributed by atoms with van der Waals surface area (Å²) in [5, 5.41) is 5.72. The van der Waals surface area contributed by atoms with Gasteiger partial charge in [0.2, 0.25) is 5.95 Å². The van der Waals surface area contributed by atoms with Gasteiger partial charge in [0.25, 0.3) is 5.91 Å². The maximum atomic E-state index is 13.1. The van der Waals surface area contributed by atoms with Crippen molar-refractivity contribution in [2.75, 3.05) is 11.9 Å². The van der Waals surface area contributed by atoms with E-state index in [4.69, 9.17) is 11.6 Å². The summed E-state index contributed by atoms with van der Waals surface area (Å²) in [7, 11) is 0. The molecule has 2 rings (SSSR count). The summed E-state index contributed by atoms with van der Waals surface area (Å²) in [6.07, 6.45) is 6.02. The number of hydrogen-bond donors (Lipinski definition) is 2. The Bertz CT molecular complexity index is 664. The Balaban J connectivity index is 1.93. The Morgan fingerprint density at radius 2 is 2.00 bits per heavy atom. The molecule has 1 heterocycles. The molecule has 0 aliphatic rings. The molecular formula is C16H18ClFN4O. The topological polar surface area (TPSA) is 66.9 Å². The van der Waals surface area contributed by atoms with Crippen LogP contribution in [0.15, 0.2) is 30.6 Å². The van der Waals surface area contributed by atoms with Gasteiger partial charge in [-0.05, 0) is 24.6 Å². The smallest absolute Gasteiger partial charge is 0.254 e. The number of unbranched alkanes of at least 4 members (excludes halogenated alkanes) is 2. The van der Waals surface area contributed by atoms with Crippen LogP contribution < -0.4 is 10.6 Å². The van der Waals surface area contributed by atoms with E-state index < -0.39 is 5.82 Å². The van der Waals surface area contributed by atoms with Crippen LogP contribution in [-0.2, 0) is 0 Å². The molecule has 1 aromatic heterocycles. The third kappa shape index (κ3) is 5.17. The number of anilines is 2. The third-order valence-electron chi connectivity index (χ3n) is 3.16. The molecule has 0 saturated carbocycles. The fourth-order valence-electron chi connectivity index (χ4n) is 1.89. The van der Waals surface area contributed by atoms with Crippen molar-refractivity contribution in [3.63, 3.8) is 0 Å². The van der Waals surface area contributed by atoms with E-state index in [0.717, 1.165) is 19.3 Å². The average molecular weight is 337 g/mol. The molecule has 1 amide bonds.